The maximum Gasteiger partial charge on any atom is 0.210 e. The first kappa shape index (κ1) is 14.1. The molecule has 2 aromatic carbocycles. The molecule has 0 fully saturated rings. The number of hydrogen-bond donors (Lipinski definition) is 1. The molecule has 5 heteroatoms. The van der Waals surface area contributed by atoms with Gasteiger partial charge >= 0.3 is 0 Å². The van der Waals surface area contributed by atoms with Crippen molar-refractivity contribution in [3.63, 3.8) is 0 Å². The van der Waals surface area contributed by atoms with Crippen LogP contribution in [0.15, 0.2) is 69.7 Å². The molecule has 0 saturated heterocycles. The molecule has 0 saturated carbocycles. The lowest BCUT2D eigenvalue weighted by atomic mass is 9.93. The quantitative estimate of drug-likeness (QED) is 0.841. The molecule has 0 radical (unpaired) electrons. The summed E-state index contributed by atoms with van der Waals surface area (Å²) in [6.07, 6.45) is 1.36. The number of ketones is 2. The highest BCUT2D eigenvalue weighted by Crippen LogP contribution is 2.24. The number of rotatable bonds is 3. The Morgan fingerprint density at radius 3 is 2.29 bits per heavy atom. The lowest BCUT2D eigenvalue weighted by Crippen LogP contribution is -2.23. The number of fused-ring (bicyclic) bond motifs is 1. The Balaban J connectivity index is 1.79. The van der Waals surface area contributed by atoms with Crippen molar-refractivity contribution in [2.24, 2.45) is 0 Å². The van der Waals surface area contributed by atoms with Crippen LogP contribution < -0.4 is 4.72 Å². The van der Waals surface area contributed by atoms with Gasteiger partial charge in [0.1, 0.15) is 0 Å². The number of carbonyl (C=O) groups is 2. The molecule has 0 aliphatic heterocycles. The Morgan fingerprint density at radius 1 is 0.905 bits per heavy atom. The molecule has 1 aliphatic carbocycles. The topological polar surface area (TPSA) is 46.2 Å². The van der Waals surface area contributed by atoms with Gasteiger partial charge in [0.25, 0.3) is 0 Å². The first-order valence-electron chi connectivity index (χ1n) is 6.23. The van der Waals surface area contributed by atoms with E-state index >= 15 is 0 Å². The van der Waals surface area contributed by atoms with E-state index in [9.17, 15) is 9.59 Å². The van der Waals surface area contributed by atoms with Crippen molar-refractivity contribution in [1.82, 2.24) is 4.72 Å². The van der Waals surface area contributed by atoms with Crippen LogP contribution in [0.5, 0.6) is 0 Å². The van der Waals surface area contributed by atoms with E-state index in [1.54, 1.807) is 24.3 Å². The minimum atomic E-state index is -0.158. The third-order valence-electron chi connectivity index (χ3n) is 3.05. The predicted molar refractivity (Wildman–Crippen MR) is 86.3 cm³/mol. The molecule has 0 bridgehead atoms. The van der Waals surface area contributed by atoms with Gasteiger partial charge in [0.15, 0.2) is 5.78 Å². The van der Waals surface area contributed by atoms with Gasteiger partial charge in [0, 0.05) is 26.6 Å². The second-order valence-corrected chi connectivity index (χ2v) is 6.25. The third kappa shape index (κ3) is 2.94. The molecule has 1 aliphatic rings. The molecule has 104 valence electrons. The normalized spacial score (nSPS) is 13.7. The Morgan fingerprint density at radius 2 is 1.57 bits per heavy atom. The largest absolute Gasteiger partial charge is 0.322 e. The summed E-state index contributed by atoms with van der Waals surface area (Å²) in [6.45, 7) is 0. The number of nitrogens with one attached hydrogen (secondary N) is 1. The number of halogens is 1. The highest BCUT2D eigenvalue weighted by atomic mass is 79.9. The first-order valence-corrected chi connectivity index (χ1v) is 7.84. The predicted octanol–water partition coefficient (Wildman–Crippen LogP) is 4.01. The standard InChI is InChI=1S/C16H10BrNO2S/c17-10-5-7-11(8-6-10)21-18-14-9-15(19)12-3-1-2-4-13(12)16(14)20/h1-9,18H. The van der Waals surface area contributed by atoms with Gasteiger partial charge in [-0.1, -0.05) is 40.2 Å². The summed E-state index contributed by atoms with van der Waals surface area (Å²) < 4.78 is 3.96. The smallest absolute Gasteiger partial charge is 0.210 e. The molecular formula is C16H10BrNO2S. The molecule has 21 heavy (non-hydrogen) atoms. The SMILES string of the molecule is O=C1C=C(NSc2ccc(Br)cc2)C(=O)c2ccccc21. The first-order chi connectivity index (χ1) is 10.1. The average molecular weight is 360 g/mol. The molecule has 0 amide bonds. The molecule has 0 atom stereocenters. The summed E-state index contributed by atoms with van der Waals surface area (Å²) in [5.74, 6) is -0.307. The summed E-state index contributed by atoms with van der Waals surface area (Å²) in [5, 5.41) is 0. The lowest BCUT2D eigenvalue weighted by Gasteiger charge is -2.15. The molecule has 1 N–H and O–H groups in total. The Bertz CT molecular complexity index is 753. The summed E-state index contributed by atoms with van der Waals surface area (Å²) in [5.41, 5.74) is 1.22. The number of hydrogen-bond acceptors (Lipinski definition) is 4. The maximum atomic E-state index is 12.3. The van der Waals surface area contributed by atoms with Crippen LogP contribution in [0.25, 0.3) is 0 Å². The molecule has 0 spiro atoms. The van der Waals surface area contributed by atoms with Crippen LogP contribution in [0.2, 0.25) is 0 Å². The fourth-order valence-electron chi connectivity index (χ4n) is 2.01. The van der Waals surface area contributed by atoms with E-state index in [0.29, 0.717) is 16.8 Å². The summed E-state index contributed by atoms with van der Waals surface area (Å²) in [4.78, 5) is 25.3. The lowest BCUT2D eigenvalue weighted by molar-refractivity contribution is 0.0981. The summed E-state index contributed by atoms with van der Waals surface area (Å²) >= 11 is 4.67. The van der Waals surface area contributed by atoms with E-state index < -0.39 is 0 Å². The van der Waals surface area contributed by atoms with Crippen LogP contribution in [0, 0.1) is 0 Å². The minimum absolute atomic E-state index is 0.149. The van der Waals surface area contributed by atoms with E-state index in [1.165, 1.54) is 18.0 Å². The Labute approximate surface area is 134 Å². The highest BCUT2D eigenvalue weighted by Gasteiger charge is 2.24. The van der Waals surface area contributed by atoms with Gasteiger partial charge < -0.3 is 4.72 Å². The molecule has 3 rings (SSSR count). The number of Topliss-reactive ketones (excluding diaryl/α,β-unsaturated/α-hetero) is 1. The number of allylic oxidation sites excluding steroid dienone is 2. The van der Waals surface area contributed by atoms with Crippen LogP contribution in [-0.2, 0) is 0 Å². The van der Waals surface area contributed by atoms with Gasteiger partial charge in [-0.05, 0) is 36.2 Å². The van der Waals surface area contributed by atoms with Gasteiger partial charge in [-0.3, -0.25) is 9.59 Å². The van der Waals surface area contributed by atoms with Crippen molar-refractivity contribution in [2.45, 2.75) is 4.90 Å². The van der Waals surface area contributed by atoms with Gasteiger partial charge in [-0.2, -0.15) is 0 Å². The average Bonchev–Trinajstić information content (AvgIpc) is 2.51. The van der Waals surface area contributed by atoms with Crippen molar-refractivity contribution in [2.75, 3.05) is 0 Å². The Kier molecular flexibility index (Phi) is 3.94. The zero-order valence-electron chi connectivity index (χ0n) is 10.8. The van der Waals surface area contributed by atoms with Crippen LogP contribution in [0.4, 0.5) is 0 Å². The van der Waals surface area contributed by atoms with Gasteiger partial charge in [-0.25, -0.2) is 0 Å². The van der Waals surface area contributed by atoms with Gasteiger partial charge in [0.2, 0.25) is 5.78 Å². The molecule has 2 aromatic rings. The van der Waals surface area contributed by atoms with E-state index in [4.69, 9.17) is 0 Å². The monoisotopic (exact) mass is 359 g/mol. The zero-order chi connectivity index (χ0) is 14.8. The van der Waals surface area contributed by atoms with E-state index in [-0.39, 0.29) is 11.6 Å². The van der Waals surface area contributed by atoms with Gasteiger partial charge in [-0.15, -0.1) is 0 Å². The number of benzene rings is 2. The second kappa shape index (κ2) is 5.87. The minimum Gasteiger partial charge on any atom is -0.322 e. The highest BCUT2D eigenvalue weighted by molar-refractivity contribution is 9.10. The fraction of sp³-hybridized carbons (Fsp3) is 0. The van der Waals surface area contributed by atoms with Crippen molar-refractivity contribution in [1.29, 1.82) is 0 Å². The van der Waals surface area contributed by atoms with Crippen LogP contribution >= 0.6 is 27.9 Å². The third-order valence-corrected chi connectivity index (χ3v) is 4.41. The molecule has 0 aromatic heterocycles. The van der Waals surface area contributed by atoms with Crippen molar-refractivity contribution in [3.05, 3.63) is 75.9 Å². The Hall–Kier alpha value is -1.85. The maximum absolute atomic E-state index is 12.3. The molecule has 0 heterocycles. The van der Waals surface area contributed by atoms with E-state index in [0.717, 1.165) is 9.37 Å². The van der Waals surface area contributed by atoms with E-state index in [1.807, 2.05) is 24.3 Å². The van der Waals surface area contributed by atoms with E-state index in [2.05, 4.69) is 20.7 Å². The second-order valence-electron chi connectivity index (χ2n) is 4.46. The van der Waals surface area contributed by atoms with Crippen molar-refractivity contribution < 1.29 is 9.59 Å². The number of carbonyl (C=O) groups excluding carboxylic acids is 2. The van der Waals surface area contributed by atoms with Crippen LogP contribution in [0.3, 0.4) is 0 Å². The molecular weight excluding hydrogens is 350 g/mol. The summed E-state index contributed by atoms with van der Waals surface area (Å²) in [6, 6.07) is 14.5. The molecule has 0 unspecified atom stereocenters. The fourth-order valence-corrected chi connectivity index (χ4v) is 2.92. The van der Waals surface area contributed by atoms with Crippen molar-refractivity contribution in [3.8, 4) is 0 Å². The molecule has 3 nitrogen and oxygen atoms in total. The van der Waals surface area contributed by atoms with Crippen molar-refractivity contribution >= 4 is 39.4 Å². The van der Waals surface area contributed by atoms with Crippen LogP contribution in [-0.4, -0.2) is 11.6 Å². The van der Waals surface area contributed by atoms with Crippen LogP contribution in [0.1, 0.15) is 20.7 Å². The van der Waals surface area contributed by atoms with Gasteiger partial charge in [0.05, 0.1) is 5.70 Å². The summed E-state index contributed by atoms with van der Waals surface area (Å²) in [7, 11) is 0. The zero-order valence-corrected chi connectivity index (χ0v) is 13.2.